The van der Waals surface area contributed by atoms with Crippen LogP contribution in [0.3, 0.4) is 0 Å². The lowest BCUT2D eigenvalue weighted by Gasteiger charge is -2.38. The second-order valence-electron chi connectivity index (χ2n) is 6.47. The molecular formula is C21H27N3O3. The summed E-state index contributed by atoms with van der Waals surface area (Å²) in [4.78, 5) is 15.1. The Bertz CT molecular complexity index is 732. The van der Waals surface area contributed by atoms with Gasteiger partial charge in [-0.15, -0.1) is 0 Å². The SMILES string of the molecule is CCOC(=O)[C@H]([C@@H](Nc1ccccc1N)c1ccccc1)N1CCOCC1. The van der Waals surface area contributed by atoms with Crippen LogP contribution in [0.4, 0.5) is 11.4 Å². The van der Waals surface area contributed by atoms with Gasteiger partial charge in [-0.2, -0.15) is 0 Å². The smallest absolute Gasteiger partial charge is 0.325 e. The lowest BCUT2D eigenvalue weighted by atomic mass is 9.96. The number of hydrogen-bond acceptors (Lipinski definition) is 6. The molecule has 3 rings (SSSR count). The highest BCUT2D eigenvalue weighted by Gasteiger charge is 2.37. The molecule has 0 unspecified atom stereocenters. The van der Waals surface area contributed by atoms with E-state index in [0.717, 1.165) is 11.3 Å². The first kappa shape index (κ1) is 19.2. The summed E-state index contributed by atoms with van der Waals surface area (Å²) in [6.45, 7) is 4.73. The van der Waals surface area contributed by atoms with Gasteiger partial charge in [0.2, 0.25) is 0 Å². The minimum absolute atomic E-state index is 0.241. The summed E-state index contributed by atoms with van der Waals surface area (Å²) in [6.07, 6.45) is 0. The summed E-state index contributed by atoms with van der Waals surface area (Å²) in [5.74, 6) is -0.241. The van der Waals surface area contributed by atoms with Gasteiger partial charge in [-0.3, -0.25) is 9.69 Å². The predicted octanol–water partition coefficient (Wildman–Crippen LogP) is 2.69. The van der Waals surface area contributed by atoms with Crippen molar-refractivity contribution in [2.45, 2.75) is 19.0 Å². The third kappa shape index (κ3) is 4.78. The molecule has 0 saturated carbocycles. The number of esters is 1. The average Bonchev–Trinajstić information content (AvgIpc) is 2.71. The molecule has 0 aliphatic carbocycles. The van der Waals surface area contributed by atoms with Crippen LogP contribution in [0.2, 0.25) is 0 Å². The molecule has 27 heavy (non-hydrogen) atoms. The number of para-hydroxylation sites is 2. The van der Waals surface area contributed by atoms with E-state index in [1.165, 1.54) is 0 Å². The molecule has 144 valence electrons. The Morgan fingerprint density at radius 2 is 1.81 bits per heavy atom. The van der Waals surface area contributed by atoms with Crippen LogP contribution in [0.5, 0.6) is 0 Å². The fraction of sp³-hybridized carbons (Fsp3) is 0.381. The molecule has 1 saturated heterocycles. The van der Waals surface area contributed by atoms with E-state index in [4.69, 9.17) is 15.2 Å². The molecule has 0 bridgehead atoms. The molecular weight excluding hydrogens is 342 g/mol. The number of carbonyl (C=O) groups excluding carboxylic acids is 1. The number of anilines is 2. The zero-order chi connectivity index (χ0) is 19.1. The number of benzene rings is 2. The van der Waals surface area contributed by atoms with Gasteiger partial charge in [0.1, 0.15) is 6.04 Å². The van der Waals surface area contributed by atoms with Crippen LogP contribution >= 0.6 is 0 Å². The third-order valence-electron chi connectivity index (χ3n) is 4.71. The Balaban J connectivity index is 1.98. The van der Waals surface area contributed by atoms with E-state index in [-0.39, 0.29) is 12.0 Å². The van der Waals surface area contributed by atoms with Gasteiger partial charge >= 0.3 is 5.97 Å². The van der Waals surface area contributed by atoms with E-state index in [1.807, 2.05) is 61.5 Å². The van der Waals surface area contributed by atoms with Gasteiger partial charge in [0, 0.05) is 13.1 Å². The van der Waals surface area contributed by atoms with Gasteiger partial charge in [0.25, 0.3) is 0 Å². The number of morpholine rings is 1. The van der Waals surface area contributed by atoms with Crippen LogP contribution in [0.25, 0.3) is 0 Å². The average molecular weight is 369 g/mol. The Morgan fingerprint density at radius 1 is 1.15 bits per heavy atom. The summed E-state index contributed by atoms with van der Waals surface area (Å²) in [5.41, 5.74) is 8.59. The lowest BCUT2D eigenvalue weighted by molar-refractivity contribution is -0.152. The van der Waals surface area contributed by atoms with Crippen molar-refractivity contribution < 1.29 is 14.3 Å². The minimum atomic E-state index is -0.476. The number of hydrogen-bond donors (Lipinski definition) is 2. The topological polar surface area (TPSA) is 76.8 Å². The van der Waals surface area contributed by atoms with Crippen LogP contribution in [-0.4, -0.2) is 49.8 Å². The highest BCUT2D eigenvalue weighted by atomic mass is 16.5. The minimum Gasteiger partial charge on any atom is -0.465 e. The van der Waals surface area contributed by atoms with Crippen LogP contribution in [0, 0.1) is 0 Å². The number of nitrogens with zero attached hydrogens (tertiary/aromatic N) is 1. The van der Waals surface area contributed by atoms with Crippen molar-refractivity contribution in [1.82, 2.24) is 4.90 Å². The second kappa shape index (κ2) is 9.39. The highest BCUT2D eigenvalue weighted by molar-refractivity contribution is 5.79. The number of nitrogens with two attached hydrogens (primary N) is 1. The molecule has 2 aromatic rings. The van der Waals surface area contributed by atoms with E-state index < -0.39 is 6.04 Å². The number of ether oxygens (including phenoxy) is 2. The molecule has 2 atom stereocenters. The molecule has 6 nitrogen and oxygen atoms in total. The van der Waals surface area contributed by atoms with Gasteiger partial charge < -0.3 is 20.5 Å². The molecule has 1 aliphatic heterocycles. The Hall–Kier alpha value is -2.57. The molecule has 0 spiro atoms. The van der Waals surface area contributed by atoms with Gasteiger partial charge in [-0.1, -0.05) is 42.5 Å². The van der Waals surface area contributed by atoms with Crippen LogP contribution < -0.4 is 11.1 Å². The molecule has 2 aromatic carbocycles. The molecule has 3 N–H and O–H groups in total. The van der Waals surface area contributed by atoms with E-state index in [2.05, 4.69) is 10.2 Å². The van der Waals surface area contributed by atoms with Crippen LogP contribution in [0.15, 0.2) is 54.6 Å². The first-order chi connectivity index (χ1) is 13.2. The van der Waals surface area contributed by atoms with Crippen LogP contribution in [0.1, 0.15) is 18.5 Å². The van der Waals surface area contributed by atoms with Crippen molar-refractivity contribution in [2.75, 3.05) is 44.0 Å². The normalized spacial score (nSPS) is 17.1. The number of carbonyl (C=O) groups is 1. The number of rotatable bonds is 7. The second-order valence-corrected chi connectivity index (χ2v) is 6.47. The Labute approximate surface area is 160 Å². The van der Waals surface area contributed by atoms with Crippen molar-refractivity contribution in [1.29, 1.82) is 0 Å². The van der Waals surface area contributed by atoms with Crippen LogP contribution in [-0.2, 0) is 14.3 Å². The maximum atomic E-state index is 13.0. The summed E-state index contributed by atoms with van der Waals surface area (Å²) >= 11 is 0. The first-order valence-electron chi connectivity index (χ1n) is 9.35. The fourth-order valence-electron chi connectivity index (χ4n) is 3.38. The molecule has 0 aromatic heterocycles. The lowest BCUT2D eigenvalue weighted by Crippen LogP contribution is -2.52. The number of nitrogens with one attached hydrogen (secondary N) is 1. The zero-order valence-corrected chi connectivity index (χ0v) is 15.6. The predicted molar refractivity (Wildman–Crippen MR) is 106 cm³/mol. The van der Waals surface area contributed by atoms with E-state index in [9.17, 15) is 4.79 Å². The molecule has 6 heteroatoms. The van der Waals surface area contributed by atoms with Crippen molar-refractivity contribution in [3.8, 4) is 0 Å². The molecule has 1 aliphatic rings. The van der Waals surface area contributed by atoms with Gasteiger partial charge in [-0.25, -0.2) is 0 Å². The van der Waals surface area contributed by atoms with E-state index >= 15 is 0 Å². The highest BCUT2D eigenvalue weighted by Crippen LogP contribution is 2.30. The maximum absolute atomic E-state index is 13.0. The van der Waals surface area contributed by atoms with Crippen molar-refractivity contribution >= 4 is 17.3 Å². The maximum Gasteiger partial charge on any atom is 0.325 e. The summed E-state index contributed by atoms with van der Waals surface area (Å²) < 4.78 is 10.9. The van der Waals surface area contributed by atoms with Crippen molar-refractivity contribution in [2.24, 2.45) is 0 Å². The fourth-order valence-corrected chi connectivity index (χ4v) is 3.38. The third-order valence-corrected chi connectivity index (χ3v) is 4.71. The van der Waals surface area contributed by atoms with Gasteiger partial charge in [-0.05, 0) is 24.6 Å². The van der Waals surface area contributed by atoms with Gasteiger partial charge in [0.05, 0.1) is 37.2 Å². The quantitative estimate of drug-likeness (QED) is 0.577. The standard InChI is InChI=1S/C21H27N3O3/c1-2-27-21(25)20(24-12-14-26-15-13-24)19(16-8-4-3-5-9-16)23-18-11-7-6-10-17(18)22/h3-11,19-20,23H,2,12-15,22H2,1H3/t19-,20-/m0/s1. The molecule has 1 heterocycles. The van der Waals surface area contributed by atoms with Crippen molar-refractivity contribution in [3.05, 3.63) is 60.2 Å². The Morgan fingerprint density at radius 3 is 2.48 bits per heavy atom. The largest absolute Gasteiger partial charge is 0.465 e. The first-order valence-corrected chi connectivity index (χ1v) is 9.35. The van der Waals surface area contributed by atoms with Crippen molar-refractivity contribution in [3.63, 3.8) is 0 Å². The zero-order valence-electron chi connectivity index (χ0n) is 15.6. The van der Waals surface area contributed by atoms with E-state index in [0.29, 0.717) is 38.6 Å². The summed E-state index contributed by atoms with van der Waals surface area (Å²) in [7, 11) is 0. The monoisotopic (exact) mass is 369 g/mol. The molecule has 1 fully saturated rings. The number of nitrogen functional groups attached to an aromatic ring is 1. The summed E-state index contributed by atoms with van der Waals surface area (Å²) in [5, 5.41) is 3.49. The van der Waals surface area contributed by atoms with Gasteiger partial charge in [0.15, 0.2) is 0 Å². The summed E-state index contributed by atoms with van der Waals surface area (Å²) in [6, 6.07) is 16.8. The van der Waals surface area contributed by atoms with E-state index in [1.54, 1.807) is 0 Å². The molecule has 0 amide bonds. The Kier molecular flexibility index (Phi) is 6.68. The molecule has 0 radical (unpaired) electrons.